The molecular weight excluding hydrogens is 490 g/mol. The minimum absolute atomic E-state index is 0.333. The van der Waals surface area contributed by atoms with Gasteiger partial charge in [-0.05, 0) is 31.2 Å². The molecule has 39 heavy (non-hydrogen) atoms. The second-order valence-electron chi connectivity index (χ2n) is 11.1. The van der Waals surface area contributed by atoms with Crippen molar-refractivity contribution in [3.8, 4) is 17.1 Å². The van der Waals surface area contributed by atoms with E-state index < -0.39 is 12.3 Å². The van der Waals surface area contributed by atoms with Crippen molar-refractivity contribution >= 4 is 0 Å². The van der Waals surface area contributed by atoms with E-state index in [-0.39, 0.29) is 0 Å². The van der Waals surface area contributed by atoms with Crippen molar-refractivity contribution in [3.05, 3.63) is 42.2 Å². The molecule has 220 valence electrons. The van der Waals surface area contributed by atoms with E-state index in [1.54, 1.807) is 12.4 Å². The third kappa shape index (κ3) is 16.0. The highest BCUT2D eigenvalue weighted by Crippen LogP contribution is 2.20. The number of hydrogen-bond acceptors (Lipinski definition) is 3. The SMILES string of the molecule is CCCCCCCCCCCCC[C@@H](F)CCc1ccc(-c2ncc(OCC[C@@H](F)CCCCC)cn2)cc1. The molecule has 0 fully saturated rings. The zero-order valence-electron chi connectivity index (χ0n) is 24.8. The van der Waals surface area contributed by atoms with Crippen LogP contribution in [0.25, 0.3) is 11.4 Å². The van der Waals surface area contributed by atoms with Crippen LogP contribution in [0.15, 0.2) is 36.7 Å². The van der Waals surface area contributed by atoms with E-state index in [9.17, 15) is 8.78 Å². The first-order valence-corrected chi connectivity index (χ1v) is 15.9. The predicted octanol–water partition coefficient (Wildman–Crippen LogP) is 10.8. The molecule has 0 bridgehead atoms. The summed E-state index contributed by atoms with van der Waals surface area (Å²) in [6, 6.07) is 8.06. The third-order valence-corrected chi connectivity index (χ3v) is 7.53. The smallest absolute Gasteiger partial charge is 0.159 e. The van der Waals surface area contributed by atoms with E-state index in [1.807, 2.05) is 24.3 Å². The molecule has 0 N–H and O–H groups in total. The zero-order chi connectivity index (χ0) is 28.0. The Kier molecular flexibility index (Phi) is 18.5. The van der Waals surface area contributed by atoms with Crippen LogP contribution >= 0.6 is 0 Å². The van der Waals surface area contributed by atoms with Gasteiger partial charge < -0.3 is 4.74 Å². The monoisotopic (exact) mass is 544 g/mol. The lowest BCUT2D eigenvalue weighted by atomic mass is 10.0. The van der Waals surface area contributed by atoms with Crippen molar-refractivity contribution in [1.82, 2.24) is 9.97 Å². The Morgan fingerprint density at radius 1 is 0.615 bits per heavy atom. The first kappa shape index (κ1) is 33.2. The first-order valence-electron chi connectivity index (χ1n) is 15.9. The van der Waals surface area contributed by atoms with Gasteiger partial charge in [-0.25, -0.2) is 18.7 Å². The summed E-state index contributed by atoms with van der Waals surface area (Å²) >= 11 is 0. The molecule has 3 nitrogen and oxygen atoms in total. The van der Waals surface area contributed by atoms with Crippen LogP contribution in [0, 0.1) is 0 Å². The number of halogens is 2. The molecule has 1 heterocycles. The number of hydrogen-bond donors (Lipinski definition) is 0. The lowest BCUT2D eigenvalue weighted by Gasteiger charge is -2.10. The maximum atomic E-state index is 14.4. The number of ether oxygens (including phenoxy) is 1. The summed E-state index contributed by atoms with van der Waals surface area (Å²) in [5.74, 6) is 1.18. The number of aryl methyl sites for hydroxylation is 1. The highest BCUT2D eigenvalue weighted by atomic mass is 19.1. The molecule has 0 unspecified atom stereocenters. The Morgan fingerprint density at radius 3 is 1.69 bits per heavy atom. The van der Waals surface area contributed by atoms with E-state index >= 15 is 0 Å². The van der Waals surface area contributed by atoms with Crippen molar-refractivity contribution in [1.29, 1.82) is 0 Å². The van der Waals surface area contributed by atoms with Gasteiger partial charge in [-0.2, -0.15) is 0 Å². The van der Waals surface area contributed by atoms with Crippen molar-refractivity contribution in [2.45, 2.75) is 148 Å². The Labute approximate surface area is 237 Å². The molecular formula is C34H54F2N2O. The summed E-state index contributed by atoms with van der Waals surface area (Å²) in [5, 5.41) is 0. The second-order valence-corrected chi connectivity index (χ2v) is 11.1. The molecule has 0 saturated carbocycles. The summed E-state index contributed by atoms with van der Waals surface area (Å²) in [6.07, 6.45) is 22.1. The molecule has 0 amide bonds. The topological polar surface area (TPSA) is 35.0 Å². The minimum atomic E-state index is -0.813. The summed E-state index contributed by atoms with van der Waals surface area (Å²) < 4.78 is 33.9. The van der Waals surface area contributed by atoms with Crippen LogP contribution in [0.5, 0.6) is 5.75 Å². The van der Waals surface area contributed by atoms with Crippen molar-refractivity contribution in [2.75, 3.05) is 6.61 Å². The van der Waals surface area contributed by atoms with Gasteiger partial charge >= 0.3 is 0 Å². The van der Waals surface area contributed by atoms with E-state index in [0.29, 0.717) is 43.9 Å². The molecule has 2 atom stereocenters. The van der Waals surface area contributed by atoms with Crippen LogP contribution in [0.3, 0.4) is 0 Å². The fraction of sp³-hybridized carbons (Fsp3) is 0.706. The standard InChI is InChI=1S/C34H54F2N2O/c1-3-5-7-8-9-10-11-12-13-14-16-18-31(35)24-21-29-19-22-30(23-20-29)34-37-27-33(28-38-34)39-26-25-32(36)17-15-6-4-2/h19-20,22-23,27-28,31-32H,3-18,21,24-26H2,1-2H3/t31-,32+/m1/s1. The van der Waals surface area contributed by atoms with Crippen molar-refractivity contribution < 1.29 is 13.5 Å². The van der Waals surface area contributed by atoms with E-state index in [4.69, 9.17) is 4.74 Å². The molecule has 2 aromatic rings. The van der Waals surface area contributed by atoms with Gasteiger partial charge in [-0.15, -0.1) is 0 Å². The number of aromatic nitrogens is 2. The Balaban J connectivity index is 1.56. The summed E-state index contributed by atoms with van der Waals surface area (Å²) in [6.45, 7) is 4.71. The maximum Gasteiger partial charge on any atom is 0.159 e. The van der Waals surface area contributed by atoms with Crippen LogP contribution in [-0.2, 0) is 6.42 Å². The molecule has 0 spiro atoms. The molecule has 0 aliphatic carbocycles. The van der Waals surface area contributed by atoms with Crippen LogP contribution in [0.1, 0.15) is 135 Å². The first-order chi connectivity index (χ1) is 19.1. The van der Waals surface area contributed by atoms with Crippen molar-refractivity contribution in [2.24, 2.45) is 0 Å². The van der Waals surface area contributed by atoms with Gasteiger partial charge in [0.2, 0.25) is 0 Å². The molecule has 0 saturated heterocycles. The highest BCUT2D eigenvalue weighted by Gasteiger charge is 2.09. The number of benzene rings is 1. The Bertz CT molecular complexity index is 828. The molecule has 1 aromatic heterocycles. The van der Waals surface area contributed by atoms with Crippen LogP contribution < -0.4 is 4.74 Å². The normalized spacial score (nSPS) is 12.9. The van der Waals surface area contributed by atoms with Gasteiger partial charge in [0.05, 0.1) is 19.0 Å². The summed E-state index contributed by atoms with van der Waals surface area (Å²) in [5.41, 5.74) is 2.06. The van der Waals surface area contributed by atoms with Gasteiger partial charge in [0.15, 0.2) is 11.6 Å². The molecule has 0 aliphatic rings. The fourth-order valence-electron chi connectivity index (χ4n) is 4.92. The third-order valence-electron chi connectivity index (χ3n) is 7.53. The molecule has 0 aliphatic heterocycles. The van der Waals surface area contributed by atoms with E-state index in [1.165, 1.54) is 57.8 Å². The summed E-state index contributed by atoms with van der Waals surface area (Å²) in [4.78, 5) is 8.80. The molecule has 2 rings (SSSR count). The van der Waals surface area contributed by atoms with Gasteiger partial charge in [-0.3, -0.25) is 0 Å². The fourth-order valence-corrected chi connectivity index (χ4v) is 4.92. The van der Waals surface area contributed by atoms with Gasteiger partial charge in [0.25, 0.3) is 0 Å². The Hall–Kier alpha value is -2.04. The predicted molar refractivity (Wildman–Crippen MR) is 161 cm³/mol. The second kappa shape index (κ2) is 21.7. The lowest BCUT2D eigenvalue weighted by molar-refractivity contribution is 0.222. The largest absolute Gasteiger partial charge is 0.490 e. The molecule has 0 radical (unpaired) electrons. The quantitative estimate of drug-likeness (QED) is 0.123. The molecule has 5 heteroatoms. The number of unbranched alkanes of at least 4 members (excludes halogenated alkanes) is 12. The van der Waals surface area contributed by atoms with Crippen LogP contribution in [-0.4, -0.2) is 28.9 Å². The van der Waals surface area contributed by atoms with Gasteiger partial charge in [-0.1, -0.05) is 128 Å². The van der Waals surface area contributed by atoms with Crippen LogP contribution in [0.4, 0.5) is 8.78 Å². The lowest BCUT2D eigenvalue weighted by Crippen LogP contribution is -2.08. The Morgan fingerprint density at radius 2 is 1.10 bits per heavy atom. The van der Waals surface area contributed by atoms with E-state index in [2.05, 4.69) is 23.8 Å². The van der Waals surface area contributed by atoms with Crippen molar-refractivity contribution in [3.63, 3.8) is 0 Å². The maximum absolute atomic E-state index is 14.4. The number of alkyl halides is 2. The number of nitrogens with zero attached hydrogens (tertiary/aromatic N) is 2. The average Bonchev–Trinajstić information content (AvgIpc) is 2.95. The molecule has 1 aromatic carbocycles. The van der Waals surface area contributed by atoms with Gasteiger partial charge in [0, 0.05) is 12.0 Å². The average molecular weight is 545 g/mol. The van der Waals surface area contributed by atoms with Crippen LogP contribution in [0.2, 0.25) is 0 Å². The number of rotatable bonds is 24. The highest BCUT2D eigenvalue weighted by molar-refractivity contribution is 5.55. The van der Waals surface area contributed by atoms with E-state index in [0.717, 1.165) is 49.7 Å². The van der Waals surface area contributed by atoms with Gasteiger partial charge in [0.1, 0.15) is 12.3 Å². The summed E-state index contributed by atoms with van der Waals surface area (Å²) in [7, 11) is 0. The zero-order valence-corrected chi connectivity index (χ0v) is 24.8. The minimum Gasteiger partial charge on any atom is -0.490 e.